The fourth-order valence-electron chi connectivity index (χ4n) is 3.79. The SMILES string of the molecule is Cc1cc(C)c2nc(C3CC4CCC3N4)[nH]c2c1. The summed E-state index contributed by atoms with van der Waals surface area (Å²) in [7, 11) is 0. The van der Waals surface area contributed by atoms with E-state index in [0.29, 0.717) is 12.0 Å². The molecule has 3 unspecified atom stereocenters. The van der Waals surface area contributed by atoms with Crippen LogP contribution in [-0.2, 0) is 0 Å². The molecule has 1 aromatic heterocycles. The van der Waals surface area contributed by atoms with E-state index in [1.165, 1.54) is 41.7 Å². The third kappa shape index (κ3) is 1.43. The number of nitrogens with one attached hydrogen (secondary N) is 2. The Hall–Kier alpha value is -1.35. The predicted molar refractivity (Wildman–Crippen MR) is 72.9 cm³/mol. The zero-order valence-corrected chi connectivity index (χ0v) is 11.0. The van der Waals surface area contributed by atoms with Crippen LogP contribution >= 0.6 is 0 Å². The third-order valence-electron chi connectivity index (χ3n) is 4.59. The minimum absolute atomic E-state index is 0.593. The van der Waals surface area contributed by atoms with Crippen molar-refractivity contribution in [2.75, 3.05) is 0 Å². The number of nitrogens with zero attached hydrogens (tertiary/aromatic N) is 1. The molecule has 3 atom stereocenters. The molecule has 2 saturated heterocycles. The van der Waals surface area contributed by atoms with Gasteiger partial charge in [-0.1, -0.05) is 6.07 Å². The van der Waals surface area contributed by atoms with Crippen LogP contribution in [0, 0.1) is 13.8 Å². The first-order valence-corrected chi connectivity index (χ1v) is 6.93. The molecule has 2 fully saturated rings. The largest absolute Gasteiger partial charge is 0.342 e. The molecular weight excluding hydrogens is 222 g/mol. The average Bonchev–Trinajstić information content (AvgIpc) is 3.01. The fraction of sp³-hybridized carbons (Fsp3) is 0.533. The second kappa shape index (κ2) is 3.58. The Labute approximate surface area is 107 Å². The maximum absolute atomic E-state index is 4.86. The number of aromatic nitrogens is 2. The van der Waals surface area contributed by atoms with Gasteiger partial charge in [-0.05, 0) is 50.3 Å². The van der Waals surface area contributed by atoms with E-state index >= 15 is 0 Å². The normalized spacial score (nSPS) is 30.4. The van der Waals surface area contributed by atoms with Crippen LogP contribution in [0.5, 0.6) is 0 Å². The molecule has 18 heavy (non-hydrogen) atoms. The lowest BCUT2D eigenvalue weighted by Crippen LogP contribution is -2.22. The first-order chi connectivity index (χ1) is 8.70. The molecule has 94 valence electrons. The van der Waals surface area contributed by atoms with Crippen molar-refractivity contribution in [1.82, 2.24) is 15.3 Å². The first kappa shape index (κ1) is 10.6. The van der Waals surface area contributed by atoms with E-state index in [1.54, 1.807) is 0 Å². The van der Waals surface area contributed by atoms with Crippen LogP contribution in [0.2, 0.25) is 0 Å². The summed E-state index contributed by atoms with van der Waals surface area (Å²) in [6, 6.07) is 5.80. The summed E-state index contributed by atoms with van der Waals surface area (Å²) >= 11 is 0. The molecule has 0 aliphatic carbocycles. The van der Waals surface area contributed by atoms with Crippen molar-refractivity contribution in [2.24, 2.45) is 0 Å². The summed E-state index contributed by atoms with van der Waals surface area (Å²) in [5, 5.41) is 3.69. The molecule has 3 heterocycles. The topological polar surface area (TPSA) is 40.7 Å². The van der Waals surface area contributed by atoms with E-state index < -0.39 is 0 Å². The van der Waals surface area contributed by atoms with E-state index in [-0.39, 0.29) is 0 Å². The minimum atomic E-state index is 0.593. The maximum atomic E-state index is 4.86. The summed E-state index contributed by atoms with van der Waals surface area (Å²) in [6.07, 6.45) is 3.91. The minimum Gasteiger partial charge on any atom is -0.342 e. The molecule has 2 N–H and O–H groups in total. The van der Waals surface area contributed by atoms with Gasteiger partial charge in [-0.3, -0.25) is 0 Å². The van der Waals surface area contributed by atoms with Gasteiger partial charge in [-0.2, -0.15) is 0 Å². The number of benzene rings is 1. The smallest absolute Gasteiger partial charge is 0.112 e. The van der Waals surface area contributed by atoms with Gasteiger partial charge in [-0.25, -0.2) is 4.98 Å². The van der Waals surface area contributed by atoms with Gasteiger partial charge in [0.1, 0.15) is 5.82 Å². The molecule has 0 spiro atoms. The van der Waals surface area contributed by atoms with Crippen molar-refractivity contribution >= 4 is 11.0 Å². The van der Waals surface area contributed by atoms with Crippen LogP contribution in [0.25, 0.3) is 11.0 Å². The molecule has 2 bridgehead atoms. The van der Waals surface area contributed by atoms with Gasteiger partial charge < -0.3 is 10.3 Å². The molecule has 2 aliphatic heterocycles. The predicted octanol–water partition coefficient (Wildman–Crippen LogP) is 2.79. The lowest BCUT2D eigenvalue weighted by Gasteiger charge is -2.17. The van der Waals surface area contributed by atoms with Crippen molar-refractivity contribution in [3.8, 4) is 0 Å². The molecule has 4 rings (SSSR count). The van der Waals surface area contributed by atoms with Crippen LogP contribution in [0.3, 0.4) is 0 Å². The highest BCUT2D eigenvalue weighted by Crippen LogP contribution is 2.39. The van der Waals surface area contributed by atoms with Gasteiger partial charge >= 0.3 is 0 Å². The molecule has 2 aromatic rings. The average molecular weight is 241 g/mol. The standard InChI is InChI=1S/C15H19N3/c1-8-5-9(2)14-13(6-8)17-15(18-14)11-7-10-3-4-12(11)16-10/h5-6,10-12,16H,3-4,7H2,1-2H3,(H,17,18). The van der Waals surface area contributed by atoms with Crippen molar-refractivity contribution in [3.05, 3.63) is 29.1 Å². The molecule has 2 aliphatic rings. The Morgan fingerprint density at radius 2 is 2.11 bits per heavy atom. The zero-order chi connectivity index (χ0) is 12.3. The lowest BCUT2D eigenvalue weighted by molar-refractivity contribution is 0.491. The Bertz CT molecular complexity index is 613. The molecule has 0 saturated carbocycles. The zero-order valence-electron chi connectivity index (χ0n) is 11.0. The van der Waals surface area contributed by atoms with Crippen molar-refractivity contribution in [3.63, 3.8) is 0 Å². The van der Waals surface area contributed by atoms with Gasteiger partial charge in [0.25, 0.3) is 0 Å². The first-order valence-electron chi connectivity index (χ1n) is 6.93. The Kier molecular flexibility index (Phi) is 2.10. The van der Waals surface area contributed by atoms with E-state index in [9.17, 15) is 0 Å². The van der Waals surface area contributed by atoms with Crippen LogP contribution in [0.1, 0.15) is 42.1 Å². The number of hydrogen-bond donors (Lipinski definition) is 2. The Morgan fingerprint density at radius 3 is 2.83 bits per heavy atom. The maximum Gasteiger partial charge on any atom is 0.112 e. The van der Waals surface area contributed by atoms with E-state index in [0.717, 1.165) is 11.6 Å². The van der Waals surface area contributed by atoms with Crippen molar-refractivity contribution < 1.29 is 0 Å². The van der Waals surface area contributed by atoms with Crippen LogP contribution in [0.4, 0.5) is 0 Å². The van der Waals surface area contributed by atoms with E-state index in [2.05, 4.69) is 36.3 Å². The summed E-state index contributed by atoms with van der Waals surface area (Å²) < 4.78 is 0. The van der Waals surface area contributed by atoms with E-state index in [4.69, 9.17) is 4.98 Å². The van der Waals surface area contributed by atoms with Crippen LogP contribution in [0.15, 0.2) is 12.1 Å². The molecular formula is C15H19N3. The summed E-state index contributed by atoms with van der Waals surface area (Å²) in [6.45, 7) is 4.30. The highest BCUT2D eigenvalue weighted by molar-refractivity contribution is 5.79. The van der Waals surface area contributed by atoms with Gasteiger partial charge in [0.15, 0.2) is 0 Å². The van der Waals surface area contributed by atoms with Gasteiger partial charge in [-0.15, -0.1) is 0 Å². The number of imidazole rings is 1. The quantitative estimate of drug-likeness (QED) is 0.806. The van der Waals surface area contributed by atoms with Crippen LogP contribution < -0.4 is 5.32 Å². The third-order valence-corrected chi connectivity index (χ3v) is 4.59. The summed E-state index contributed by atoms with van der Waals surface area (Å²) in [4.78, 5) is 8.41. The fourth-order valence-corrected chi connectivity index (χ4v) is 3.79. The molecule has 0 amide bonds. The molecule has 3 heteroatoms. The number of rotatable bonds is 1. The Morgan fingerprint density at radius 1 is 1.22 bits per heavy atom. The highest BCUT2D eigenvalue weighted by Gasteiger charge is 2.41. The van der Waals surface area contributed by atoms with Crippen molar-refractivity contribution in [1.29, 1.82) is 0 Å². The summed E-state index contributed by atoms with van der Waals surface area (Å²) in [5.74, 6) is 1.79. The van der Waals surface area contributed by atoms with E-state index in [1.807, 2.05) is 0 Å². The number of aryl methyl sites for hydroxylation is 2. The van der Waals surface area contributed by atoms with Gasteiger partial charge in [0.05, 0.1) is 11.0 Å². The van der Waals surface area contributed by atoms with Crippen LogP contribution in [-0.4, -0.2) is 22.1 Å². The second-order valence-corrected chi connectivity index (χ2v) is 5.99. The molecule has 1 aromatic carbocycles. The monoisotopic (exact) mass is 241 g/mol. The lowest BCUT2D eigenvalue weighted by atomic mass is 9.89. The number of hydrogen-bond acceptors (Lipinski definition) is 2. The highest BCUT2D eigenvalue weighted by atomic mass is 15.1. The second-order valence-electron chi connectivity index (χ2n) is 5.99. The van der Waals surface area contributed by atoms with Gasteiger partial charge in [0, 0.05) is 18.0 Å². The number of H-pyrrole nitrogens is 1. The van der Waals surface area contributed by atoms with Crippen molar-refractivity contribution in [2.45, 2.75) is 51.1 Å². The number of aromatic amines is 1. The van der Waals surface area contributed by atoms with Gasteiger partial charge in [0.2, 0.25) is 0 Å². The molecule has 3 nitrogen and oxygen atoms in total. The summed E-state index contributed by atoms with van der Waals surface area (Å²) in [5.41, 5.74) is 4.94. The Balaban J connectivity index is 1.80. The molecule has 0 radical (unpaired) electrons. The number of fused-ring (bicyclic) bond motifs is 3.